The van der Waals surface area contributed by atoms with Gasteiger partial charge >= 0.3 is 0 Å². The number of nitrogens with one attached hydrogen (secondary N) is 2. The number of carbonyl (C=O) groups is 2. The van der Waals surface area contributed by atoms with Crippen LogP contribution in [-0.2, 0) is 4.79 Å². The van der Waals surface area contributed by atoms with Gasteiger partial charge in [-0.3, -0.25) is 19.7 Å². The molecule has 0 heterocycles. The highest BCUT2D eigenvalue weighted by Gasteiger charge is 2.19. The first-order valence-corrected chi connectivity index (χ1v) is 10.6. The van der Waals surface area contributed by atoms with Gasteiger partial charge in [-0.15, -0.1) is 0 Å². The Labute approximate surface area is 205 Å². The van der Waals surface area contributed by atoms with Gasteiger partial charge in [-0.1, -0.05) is 41.4 Å². The number of nitro groups is 1. The Morgan fingerprint density at radius 3 is 2.44 bits per heavy atom. The van der Waals surface area contributed by atoms with Crippen LogP contribution in [-0.4, -0.2) is 23.8 Å². The molecule has 2 amide bonds. The van der Waals surface area contributed by atoms with E-state index in [4.69, 9.17) is 27.9 Å². The molecule has 0 saturated carbocycles. The van der Waals surface area contributed by atoms with Gasteiger partial charge in [0.1, 0.15) is 11.4 Å². The van der Waals surface area contributed by atoms with E-state index >= 15 is 0 Å². The number of nitrogens with zero attached hydrogens (tertiary/aromatic N) is 1. The summed E-state index contributed by atoms with van der Waals surface area (Å²) >= 11 is 12.1. The zero-order valence-electron chi connectivity index (χ0n) is 18.1. The molecule has 0 saturated heterocycles. The molecule has 0 bridgehead atoms. The smallest absolute Gasteiger partial charge is 0.272 e. The molecule has 34 heavy (non-hydrogen) atoms. The van der Waals surface area contributed by atoms with Crippen LogP contribution < -0.4 is 15.4 Å². The average molecular weight is 500 g/mol. The topological polar surface area (TPSA) is 111 Å². The highest BCUT2D eigenvalue weighted by atomic mass is 35.5. The summed E-state index contributed by atoms with van der Waals surface area (Å²) in [5.74, 6) is -1.07. The normalized spacial score (nSPS) is 11.0. The minimum atomic E-state index is -0.661. The third-order valence-corrected chi connectivity index (χ3v) is 5.21. The summed E-state index contributed by atoms with van der Waals surface area (Å²) in [7, 11) is 1.40. The van der Waals surface area contributed by atoms with Crippen molar-refractivity contribution in [1.29, 1.82) is 0 Å². The maximum atomic E-state index is 13.2. The molecule has 0 aliphatic carbocycles. The fraction of sp³-hybridized carbons (Fsp3) is 0.0833. The zero-order chi connectivity index (χ0) is 24.8. The molecule has 3 rings (SSSR count). The molecule has 3 aromatic carbocycles. The monoisotopic (exact) mass is 499 g/mol. The van der Waals surface area contributed by atoms with E-state index in [9.17, 15) is 19.7 Å². The number of carbonyl (C=O) groups excluding carboxylic acids is 2. The lowest BCUT2D eigenvalue weighted by molar-refractivity contribution is -0.384. The van der Waals surface area contributed by atoms with Crippen LogP contribution in [0.1, 0.15) is 21.5 Å². The second-order valence-corrected chi connectivity index (χ2v) is 8.00. The van der Waals surface area contributed by atoms with Crippen LogP contribution in [0.15, 0.2) is 66.4 Å². The van der Waals surface area contributed by atoms with Gasteiger partial charge in [0, 0.05) is 27.9 Å². The average Bonchev–Trinajstić information content (AvgIpc) is 2.81. The molecule has 0 aromatic heterocycles. The maximum Gasteiger partial charge on any atom is 0.272 e. The van der Waals surface area contributed by atoms with Gasteiger partial charge < -0.3 is 15.4 Å². The first-order chi connectivity index (χ1) is 16.2. The predicted octanol–water partition coefficient (Wildman–Crippen LogP) is 5.63. The van der Waals surface area contributed by atoms with Gasteiger partial charge in [0.15, 0.2) is 0 Å². The molecular formula is C24H19Cl2N3O5. The number of rotatable bonds is 7. The van der Waals surface area contributed by atoms with Gasteiger partial charge in [-0.2, -0.15) is 0 Å². The summed E-state index contributed by atoms with van der Waals surface area (Å²) in [6.45, 7) is 1.78. The van der Waals surface area contributed by atoms with Crippen molar-refractivity contribution in [1.82, 2.24) is 5.32 Å². The standard InChI is InChI=1S/C24H19Cl2N3O5/c1-14-6-7-17(26)13-20(14)27-24(31)21(11-15-4-3-5-18(10-15)29(32)33)28-23(30)19-12-16(25)8-9-22(19)34-2/h3-13H,1-2H3,(H,27,31)(H,28,30). The Hall–Kier alpha value is -3.88. The van der Waals surface area contributed by atoms with Crippen LogP contribution in [0.25, 0.3) is 6.08 Å². The number of hydrogen-bond acceptors (Lipinski definition) is 5. The number of aryl methyl sites for hydroxylation is 1. The summed E-state index contributed by atoms with van der Waals surface area (Å²) in [6, 6.07) is 15.1. The molecule has 0 atom stereocenters. The number of anilines is 1. The molecule has 174 valence electrons. The van der Waals surface area contributed by atoms with E-state index in [1.165, 1.54) is 43.5 Å². The first kappa shape index (κ1) is 24.8. The minimum Gasteiger partial charge on any atom is -0.496 e. The number of benzene rings is 3. The van der Waals surface area contributed by atoms with Crippen LogP contribution in [0.3, 0.4) is 0 Å². The van der Waals surface area contributed by atoms with E-state index in [-0.39, 0.29) is 22.7 Å². The van der Waals surface area contributed by atoms with Gasteiger partial charge in [0.25, 0.3) is 17.5 Å². The van der Waals surface area contributed by atoms with Crippen molar-refractivity contribution in [3.8, 4) is 5.75 Å². The molecule has 0 spiro atoms. The fourth-order valence-corrected chi connectivity index (χ4v) is 3.36. The Balaban J connectivity index is 2.01. The molecule has 0 fully saturated rings. The molecule has 3 aromatic rings. The van der Waals surface area contributed by atoms with Crippen LogP contribution >= 0.6 is 23.2 Å². The van der Waals surface area contributed by atoms with Gasteiger partial charge in [0.2, 0.25) is 0 Å². The lowest BCUT2D eigenvalue weighted by Gasteiger charge is -2.14. The van der Waals surface area contributed by atoms with Crippen molar-refractivity contribution in [2.75, 3.05) is 12.4 Å². The van der Waals surface area contributed by atoms with Gasteiger partial charge in [-0.25, -0.2) is 0 Å². The molecule has 10 heteroatoms. The van der Waals surface area contributed by atoms with Crippen molar-refractivity contribution in [3.63, 3.8) is 0 Å². The van der Waals surface area contributed by atoms with Crippen LogP contribution in [0.2, 0.25) is 10.0 Å². The maximum absolute atomic E-state index is 13.2. The van der Waals surface area contributed by atoms with Crippen LogP contribution in [0, 0.1) is 17.0 Å². The quantitative estimate of drug-likeness (QED) is 0.248. The van der Waals surface area contributed by atoms with Crippen molar-refractivity contribution in [3.05, 3.63) is 103 Å². The van der Waals surface area contributed by atoms with E-state index < -0.39 is 16.7 Å². The number of hydrogen-bond donors (Lipinski definition) is 2. The van der Waals surface area contributed by atoms with Gasteiger partial charge in [-0.05, 0) is 54.5 Å². The minimum absolute atomic E-state index is 0.103. The van der Waals surface area contributed by atoms with E-state index in [0.29, 0.717) is 21.3 Å². The predicted molar refractivity (Wildman–Crippen MR) is 131 cm³/mol. The Kier molecular flexibility index (Phi) is 7.88. The lowest BCUT2D eigenvalue weighted by atomic mass is 10.1. The number of ether oxygens (including phenoxy) is 1. The van der Waals surface area contributed by atoms with E-state index in [2.05, 4.69) is 10.6 Å². The van der Waals surface area contributed by atoms with Crippen LogP contribution in [0.4, 0.5) is 11.4 Å². The van der Waals surface area contributed by atoms with E-state index in [1.807, 2.05) is 0 Å². The second kappa shape index (κ2) is 10.8. The molecule has 0 radical (unpaired) electrons. The molecule has 0 unspecified atom stereocenters. The molecule has 0 aliphatic rings. The first-order valence-electron chi connectivity index (χ1n) is 9.86. The lowest BCUT2D eigenvalue weighted by Crippen LogP contribution is -2.31. The third-order valence-electron chi connectivity index (χ3n) is 4.74. The van der Waals surface area contributed by atoms with Crippen LogP contribution in [0.5, 0.6) is 5.75 Å². The van der Waals surface area contributed by atoms with Gasteiger partial charge in [0.05, 0.1) is 17.6 Å². The summed E-state index contributed by atoms with van der Waals surface area (Å²) in [5.41, 5.74) is 1.30. The van der Waals surface area contributed by atoms with Crippen molar-refractivity contribution in [2.45, 2.75) is 6.92 Å². The summed E-state index contributed by atoms with van der Waals surface area (Å²) in [4.78, 5) is 36.8. The largest absolute Gasteiger partial charge is 0.496 e. The third kappa shape index (κ3) is 6.12. The summed E-state index contributed by atoms with van der Waals surface area (Å²) < 4.78 is 5.22. The Morgan fingerprint density at radius 1 is 1.03 bits per heavy atom. The zero-order valence-corrected chi connectivity index (χ0v) is 19.6. The second-order valence-electron chi connectivity index (χ2n) is 7.12. The number of non-ortho nitro benzene ring substituents is 1. The van der Waals surface area contributed by atoms with Crippen molar-refractivity contribution in [2.24, 2.45) is 0 Å². The summed E-state index contributed by atoms with van der Waals surface area (Å²) in [6.07, 6.45) is 1.33. The Morgan fingerprint density at radius 2 is 1.74 bits per heavy atom. The number of halogens is 2. The van der Waals surface area contributed by atoms with Crippen molar-refractivity contribution < 1.29 is 19.2 Å². The highest BCUT2D eigenvalue weighted by Crippen LogP contribution is 2.24. The number of amides is 2. The van der Waals surface area contributed by atoms with Crippen molar-refractivity contribution >= 4 is 52.5 Å². The molecule has 0 aliphatic heterocycles. The number of nitro benzene ring substituents is 1. The molecule has 2 N–H and O–H groups in total. The molecular weight excluding hydrogens is 481 g/mol. The fourth-order valence-electron chi connectivity index (χ4n) is 3.02. The Bertz CT molecular complexity index is 1310. The SMILES string of the molecule is COc1ccc(Cl)cc1C(=O)NC(=Cc1cccc([N+](=O)[O-])c1)C(=O)Nc1cc(Cl)ccc1C. The number of methoxy groups -OCH3 is 1. The molecule has 8 nitrogen and oxygen atoms in total. The summed E-state index contributed by atoms with van der Waals surface area (Å²) in [5, 5.41) is 17.1. The van der Waals surface area contributed by atoms with E-state index in [0.717, 1.165) is 5.56 Å². The van der Waals surface area contributed by atoms with E-state index in [1.54, 1.807) is 37.3 Å². The highest BCUT2D eigenvalue weighted by molar-refractivity contribution is 6.31.